The molecule has 0 aromatic rings. The van der Waals surface area contributed by atoms with Crippen LogP contribution < -0.4 is 5.73 Å². The molecule has 0 aliphatic heterocycles. The molecule has 0 amide bonds. The predicted molar refractivity (Wildman–Crippen MR) is 42.2 cm³/mol. The van der Waals surface area contributed by atoms with Gasteiger partial charge in [-0.1, -0.05) is 12.8 Å². The van der Waals surface area contributed by atoms with Crippen LogP contribution in [0.1, 0.15) is 19.3 Å². The van der Waals surface area contributed by atoms with Crippen molar-refractivity contribution in [3.63, 3.8) is 0 Å². The SMILES string of the molecule is NCC(F)(F)COCCC1CC1. The van der Waals surface area contributed by atoms with Crippen LogP contribution in [0.2, 0.25) is 0 Å². The molecule has 0 radical (unpaired) electrons. The summed E-state index contributed by atoms with van der Waals surface area (Å²) in [5.74, 6) is -2.11. The van der Waals surface area contributed by atoms with Crippen LogP contribution in [0.5, 0.6) is 0 Å². The number of alkyl halides is 2. The van der Waals surface area contributed by atoms with Crippen molar-refractivity contribution in [2.45, 2.75) is 25.2 Å². The van der Waals surface area contributed by atoms with E-state index in [0.29, 0.717) is 6.61 Å². The summed E-state index contributed by atoms with van der Waals surface area (Å²) in [5.41, 5.74) is 4.83. The van der Waals surface area contributed by atoms with Crippen molar-refractivity contribution < 1.29 is 13.5 Å². The summed E-state index contributed by atoms with van der Waals surface area (Å²) in [4.78, 5) is 0. The van der Waals surface area contributed by atoms with Crippen LogP contribution in [0.25, 0.3) is 0 Å². The Bertz CT molecular complexity index is 137. The van der Waals surface area contributed by atoms with Gasteiger partial charge in [-0.15, -0.1) is 0 Å². The van der Waals surface area contributed by atoms with E-state index in [1.54, 1.807) is 0 Å². The molecule has 0 unspecified atom stereocenters. The van der Waals surface area contributed by atoms with Crippen molar-refractivity contribution in [1.29, 1.82) is 0 Å². The fourth-order valence-corrected chi connectivity index (χ4v) is 0.937. The first-order valence-electron chi connectivity index (χ1n) is 4.30. The number of ether oxygens (including phenoxy) is 1. The van der Waals surface area contributed by atoms with E-state index >= 15 is 0 Å². The normalized spacial score (nSPS) is 18.2. The Labute approximate surface area is 71.1 Å². The lowest BCUT2D eigenvalue weighted by Crippen LogP contribution is -2.33. The molecule has 0 bridgehead atoms. The summed E-state index contributed by atoms with van der Waals surface area (Å²) < 4.78 is 29.7. The molecule has 0 heterocycles. The maximum atomic E-state index is 12.4. The molecule has 2 N–H and O–H groups in total. The van der Waals surface area contributed by atoms with Crippen molar-refractivity contribution in [2.24, 2.45) is 11.7 Å². The maximum Gasteiger partial charge on any atom is 0.282 e. The smallest absolute Gasteiger partial charge is 0.282 e. The largest absolute Gasteiger partial charge is 0.375 e. The van der Waals surface area contributed by atoms with Gasteiger partial charge in [0.2, 0.25) is 0 Å². The van der Waals surface area contributed by atoms with Crippen LogP contribution in [0.3, 0.4) is 0 Å². The lowest BCUT2D eigenvalue weighted by atomic mass is 10.3. The monoisotopic (exact) mass is 179 g/mol. The minimum Gasteiger partial charge on any atom is -0.375 e. The van der Waals surface area contributed by atoms with Crippen molar-refractivity contribution in [3.05, 3.63) is 0 Å². The van der Waals surface area contributed by atoms with Gasteiger partial charge in [0, 0.05) is 6.61 Å². The zero-order chi connectivity index (χ0) is 9.03. The van der Waals surface area contributed by atoms with E-state index < -0.39 is 19.1 Å². The van der Waals surface area contributed by atoms with Gasteiger partial charge < -0.3 is 10.5 Å². The third kappa shape index (κ3) is 3.97. The van der Waals surface area contributed by atoms with Gasteiger partial charge in [0.1, 0.15) is 6.61 Å². The van der Waals surface area contributed by atoms with Crippen molar-refractivity contribution in [2.75, 3.05) is 19.8 Å². The van der Waals surface area contributed by atoms with Crippen LogP contribution in [-0.4, -0.2) is 25.7 Å². The highest BCUT2D eigenvalue weighted by Crippen LogP contribution is 2.32. The van der Waals surface area contributed by atoms with Crippen LogP contribution in [-0.2, 0) is 4.74 Å². The Hall–Kier alpha value is -0.220. The number of hydrogen-bond donors (Lipinski definition) is 1. The van der Waals surface area contributed by atoms with Gasteiger partial charge in [-0.25, -0.2) is 8.78 Å². The molecule has 0 spiro atoms. The summed E-state index contributed by atoms with van der Waals surface area (Å²) >= 11 is 0. The van der Waals surface area contributed by atoms with E-state index in [4.69, 9.17) is 10.5 Å². The zero-order valence-electron chi connectivity index (χ0n) is 7.06. The molecule has 1 fully saturated rings. The summed E-state index contributed by atoms with van der Waals surface area (Å²) in [7, 11) is 0. The molecule has 1 saturated carbocycles. The molecular formula is C8H15F2NO. The first kappa shape index (κ1) is 9.86. The Morgan fingerprint density at radius 1 is 1.42 bits per heavy atom. The molecule has 12 heavy (non-hydrogen) atoms. The van der Waals surface area contributed by atoms with Gasteiger partial charge in [0.05, 0.1) is 6.54 Å². The Morgan fingerprint density at radius 3 is 2.58 bits per heavy atom. The van der Waals surface area contributed by atoms with Gasteiger partial charge in [-0.2, -0.15) is 0 Å². The van der Waals surface area contributed by atoms with Crippen molar-refractivity contribution in [3.8, 4) is 0 Å². The topological polar surface area (TPSA) is 35.2 Å². The second-order valence-corrected chi connectivity index (χ2v) is 3.34. The van der Waals surface area contributed by atoms with E-state index in [1.165, 1.54) is 12.8 Å². The molecule has 0 aromatic carbocycles. The molecule has 4 heteroatoms. The molecule has 1 aliphatic rings. The van der Waals surface area contributed by atoms with E-state index in [9.17, 15) is 8.78 Å². The van der Waals surface area contributed by atoms with Crippen LogP contribution in [0.4, 0.5) is 8.78 Å². The minimum atomic E-state index is -2.84. The summed E-state index contributed by atoms with van der Waals surface area (Å²) in [6, 6.07) is 0. The first-order valence-corrected chi connectivity index (χ1v) is 4.30. The minimum absolute atomic E-state index is 0.445. The number of nitrogens with two attached hydrogens (primary N) is 1. The second kappa shape index (κ2) is 4.14. The highest BCUT2D eigenvalue weighted by molar-refractivity contribution is 4.72. The standard InChI is InChI=1S/C8H15F2NO/c9-8(10,5-11)6-12-4-3-7-1-2-7/h7H,1-6,11H2. The van der Waals surface area contributed by atoms with Crippen molar-refractivity contribution >= 4 is 0 Å². The Morgan fingerprint density at radius 2 is 2.08 bits per heavy atom. The molecular weight excluding hydrogens is 164 g/mol. The van der Waals surface area contributed by atoms with E-state index in [-0.39, 0.29) is 0 Å². The third-order valence-corrected chi connectivity index (χ3v) is 1.98. The molecule has 2 nitrogen and oxygen atoms in total. The third-order valence-electron chi connectivity index (χ3n) is 1.98. The van der Waals surface area contributed by atoms with E-state index in [1.807, 2.05) is 0 Å². The summed E-state index contributed by atoms with van der Waals surface area (Å²) in [5, 5.41) is 0. The van der Waals surface area contributed by atoms with Crippen LogP contribution in [0.15, 0.2) is 0 Å². The maximum absolute atomic E-state index is 12.4. The molecule has 1 aliphatic carbocycles. The van der Waals surface area contributed by atoms with Gasteiger partial charge in [-0.05, 0) is 12.3 Å². The average molecular weight is 179 g/mol. The van der Waals surface area contributed by atoms with E-state index in [2.05, 4.69) is 0 Å². The lowest BCUT2D eigenvalue weighted by Gasteiger charge is -2.13. The fraction of sp³-hybridized carbons (Fsp3) is 1.00. The van der Waals surface area contributed by atoms with Gasteiger partial charge in [-0.3, -0.25) is 0 Å². The zero-order valence-corrected chi connectivity index (χ0v) is 7.06. The van der Waals surface area contributed by atoms with Gasteiger partial charge >= 0.3 is 0 Å². The Kier molecular flexibility index (Phi) is 3.40. The highest BCUT2D eigenvalue weighted by atomic mass is 19.3. The fourth-order valence-electron chi connectivity index (χ4n) is 0.937. The first-order chi connectivity index (χ1) is 5.64. The summed E-state index contributed by atoms with van der Waals surface area (Å²) in [6.07, 6.45) is 3.38. The predicted octanol–water partition coefficient (Wildman–Crippen LogP) is 1.40. The summed E-state index contributed by atoms with van der Waals surface area (Å²) in [6.45, 7) is -0.715. The lowest BCUT2D eigenvalue weighted by molar-refractivity contribution is -0.0701. The second-order valence-electron chi connectivity index (χ2n) is 3.34. The number of rotatable bonds is 6. The average Bonchev–Trinajstić information content (AvgIpc) is 2.82. The van der Waals surface area contributed by atoms with Crippen LogP contribution in [0, 0.1) is 5.92 Å². The van der Waals surface area contributed by atoms with E-state index in [0.717, 1.165) is 12.3 Å². The van der Waals surface area contributed by atoms with Crippen LogP contribution >= 0.6 is 0 Å². The quantitative estimate of drug-likeness (QED) is 0.625. The van der Waals surface area contributed by atoms with Crippen molar-refractivity contribution in [1.82, 2.24) is 0 Å². The molecule has 1 rings (SSSR count). The molecule has 0 atom stereocenters. The molecule has 0 saturated heterocycles. The Balaban J connectivity index is 1.92. The number of hydrogen-bond acceptors (Lipinski definition) is 2. The number of halogens is 2. The molecule has 72 valence electrons. The molecule has 0 aromatic heterocycles. The van der Waals surface area contributed by atoms with Gasteiger partial charge in [0.25, 0.3) is 5.92 Å². The van der Waals surface area contributed by atoms with Gasteiger partial charge in [0.15, 0.2) is 0 Å². The highest BCUT2D eigenvalue weighted by Gasteiger charge is 2.27.